The molecule has 1 fully saturated rings. The molecule has 0 aliphatic carbocycles. The fourth-order valence-electron chi connectivity index (χ4n) is 1.63. The van der Waals surface area contributed by atoms with Crippen LogP contribution in [0, 0.1) is 0 Å². The summed E-state index contributed by atoms with van der Waals surface area (Å²) in [5.41, 5.74) is 5.78. The monoisotopic (exact) mass is 238 g/mol. The van der Waals surface area contributed by atoms with Gasteiger partial charge in [-0.3, -0.25) is 4.90 Å². The van der Waals surface area contributed by atoms with E-state index in [1.807, 2.05) is 12.1 Å². The highest BCUT2D eigenvalue weighted by molar-refractivity contribution is 5.85. The molecule has 82 valence electrons. The van der Waals surface area contributed by atoms with Crippen molar-refractivity contribution in [2.24, 2.45) is 5.73 Å². The maximum absolute atomic E-state index is 5.78. The molecule has 1 aromatic rings. The molecular weight excluding hydrogens is 223 g/mol. The highest BCUT2D eigenvalue weighted by Crippen LogP contribution is 2.11. The first-order chi connectivity index (χ1) is 5.84. The first kappa shape index (κ1) is 13.8. The van der Waals surface area contributed by atoms with Crippen molar-refractivity contribution in [3.05, 3.63) is 24.2 Å². The van der Waals surface area contributed by atoms with Crippen LogP contribution in [0.3, 0.4) is 0 Å². The van der Waals surface area contributed by atoms with Crippen molar-refractivity contribution >= 4 is 24.8 Å². The largest absolute Gasteiger partial charge is 0.468 e. The SMILES string of the molecule is Cl.Cl.N[C@H]1CCN(Cc2ccco2)C1. The standard InChI is InChI=1S/C9H14N2O.2ClH/c10-8-3-4-11(6-8)7-9-2-1-5-12-9;;/h1-2,5,8H,3-4,6-7,10H2;2*1H/t8-;;/m0../s1. The highest BCUT2D eigenvalue weighted by Gasteiger charge is 2.19. The van der Waals surface area contributed by atoms with Gasteiger partial charge in [0.05, 0.1) is 12.8 Å². The molecule has 1 saturated heterocycles. The van der Waals surface area contributed by atoms with E-state index < -0.39 is 0 Å². The molecule has 0 spiro atoms. The van der Waals surface area contributed by atoms with E-state index in [1.165, 1.54) is 0 Å². The minimum Gasteiger partial charge on any atom is -0.468 e. The average Bonchev–Trinajstić information content (AvgIpc) is 2.63. The van der Waals surface area contributed by atoms with Gasteiger partial charge in [0.15, 0.2) is 0 Å². The minimum atomic E-state index is 0. The third-order valence-electron chi connectivity index (χ3n) is 2.27. The summed E-state index contributed by atoms with van der Waals surface area (Å²) < 4.78 is 5.25. The molecule has 2 N–H and O–H groups in total. The Hall–Kier alpha value is -0.220. The molecule has 1 aliphatic heterocycles. The number of hydrogen-bond acceptors (Lipinski definition) is 3. The van der Waals surface area contributed by atoms with Crippen LogP contribution in [-0.4, -0.2) is 24.0 Å². The zero-order valence-corrected chi connectivity index (χ0v) is 9.52. The average molecular weight is 239 g/mol. The van der Waals surface area contributed by atoms with Gasteiger partial charge < -0.3 is 10.2 Å². The summed E-state index contributed by atoms with van der Waals surface area (Å²) in [4.78, 5) is 2.32. The normalized spacial score (nSPS) is 21.4. The number of halogens is 2. The summed E-state index contributed by atoms with van der Waals surface area (Å²) in [5.74, 6) is 1.03. The molecule has 2 heterocycles. The molecule has 0 unspecified atom stereocenters. The molecule has 0 radical (unpaired) electrons. The molecule has 0 saturated carbocycles. The fraction of sp³-hybridized carbons (Fsp3) is 0.556. The molecule has 14 heavy (non-hydrogen) atoms. The number of hydrogen-bond donors (Lipinski definition) is 1. The third-order valence-corrected chi connectivity index (χ3v) is 2.27. The third kappa shape index (κ3) is 3.50. The molecule has 3 nitrogen and oxygen atoms in total. The Kier molecular flexibility index (Phi) is 6.20. The maximum atomic E-state index is 5.78. The lowest BCUT2D eigenvalue weighted by Gasteiger charge is -2.12. The van der Waals surface area contributed by atoms with Gasteiger partial charge >= 0.3 is 0 Å². The van der Waals surface area contributed by atoms with Crippen molar-refractivity contribution < 1.29 is 4.42 Å². The molecule has 1 aromatic heterocycles. The van der Waals surface area contributed by atoms with Crippen molar-refractivity contribution in [1.82, 2.24) is 4.90 Å². The van der Waals surface area contributed by atoms with Crippen LogP contribution in [0.1, 0.15) is 12.2 Å². The lowest BCUT2D eigenvalue weighted by atomic mass is 10.3. The molecule has 0 bridgehead atoms. The summed E-state index contributed by atoms with van der Waals surface area (Å²) in [6, 6.07) is 4.29. The van der Waals surface area contributed by atoms with Gasteiger partial charge in [-0.05, 0) is 18.6 Å². The second-order valence-corrected chi connectivity index (χ2v) is 3.36. The molecule has 1 atom stereocenters. The lowest BCUT2D eigenvalue weighted by Crippen LogP contribution is -2.26. The van der Waals surface area contributed by atoms with Crippen LogP contribution in [0.4, 0.5) is 0 Å². The maximum Gasteiger partial charge on any atom is 0.117 e. The van der Waals surface area contributed by atoms with Gasteiger partial charge in [-0.25, -0.2) is 0 Å². The molecule has 2 rings (SSSR count). The van der Waals surface area contributed by atoms with Gasteiger partial charge in [-0.15, -0.1) is 24.8 Å². The highest BCUT2D eigenvalue weighted by atomic mass is 35.5. The first-order valence-corrected chi connectivity index (χ1v) is 4.35. The van der Waals surface area contributed by atoms with Crippen LogP contribution < -0.4 is 5.73 Å². The van der Waals surface area contributed by atoms with Crippen LogP contribution in [0.15, 0.2) is 22.8 Å². The fourth-order valence-corrected chi connectivity index (χ4v) is 1.63. The van der Waals surface area contributed by atoms with Gasteiger partial charge in [0.1, 0.15) is 5.76 Å². The Morgan fingerprint density at radius 1 is 1.50 bits per heavy atom. The van der Waals surface area contributed by atoms with Crippen LogP contribution in [0.5, 0.6) is 0 Å². The smallest absolute Gasteiger partial charge is 0.117 e. The van der Waals surface area contributed by atoms with Crippen molar-refractivity contribution in [2.45, 2.75) is 19.0 Å². The van der Waals surface area contributed by atoms with E-state index >= 15 is 0 Å². The zero-order valence-electron chi connectivity index (χ0n) is 7.89. The van der Waals surface area contributed by atoms with Crippen LogP contribution >= 0.6 is 24.8 Å². The minimum absolute atomic E-state index is 0. The Balaban J connectivity index is 0.000000845. The van der Waals surface area contributed by atoms with E-state index in [-0.39, 0.29) is 24.8 Å². The van der Waals surface area contributed by atoms with Crippen molar-refractivity contribution in [2.75, 3.05) is 13.1 Å². The number of likely N-dealkylation sites (tertiary alicyclic amines) is 1. The quantitative estimate of drug-likeness (QED) is 0.853. The molecule has 0 aromatic carbocycles. The Labute approximate surface area is 96.5 Å². The number of nitrogens with two attached hydrogens (primary N) is 1. The summed E-state index contributed by atoms with van der Waals surface area (Å²) in [5, 5.41) is 0. The second-order valence-electron chi connectivity index (χ2n) is 3.36. The van der Waals surface area contributed by atoms with E-state index in [4.69, 9.17) is 10.2 Å². The van der Waals surface area contributed by atoms with E-state index in [1.54, 1.807) is 6.26 Å². The molecular formula is C9H16Cl2N2O. The van der Waals surface area contributed by atoms with Crippen molar-refractivity contribution in [1.29, 1.82) is 0 Å². The van der Waals surface area contributed by atoms with E-state index in [9.17, 15) is 0 Å². The van der Waals surface area contributed by atoms with Gasteiger partial charge in [0.25, 0.3) is 0 Å². The van der Waals surface area contributed by atoms with E-state index in [2.05, 4.69) is 4.90 Å². The summed E-state index contributed by atoms with van der Waals surface area (Å²) in [6.45, 7) is 3.00. The predicted molar refractivity (Wildman–Crippen MR) is 61.1 cm³/mol. The Morgan fingerprint density at radius 3 is 2.79 bits per heavy atom. The molecule has 1 aliphatic rings. The molecule has 0 amide bonds. The van der Waals surface area contributed by atoms with Gasteiger partial charge in [0.2, 0.25) is 0 Å². The van der Waals surface area contributed by atoms with Gasteiger partial charge in [-0.2, -0.15) is 0 Å². The summed E-state index contributed by atoms with van der Waals surface area (Å²) in [7, 11) is 0. The lowest BCUT2D eigenvalue weighted by molar-refractivity contribution is 0.294. The number of rotatable bonds is 2. The van der Waals surface area contributed by atoms with Gasteiger partial charge in [-0.1, -0.05) is 0 Å². The molecule has 5 heteroatoms. The van der Waals surface area contributed by atoms with E-state index in [0.717, 1.165) is 31.8 Å². The zero-order chi connectivity index (χ0) is 8.39. The van der Waals surface area contributed by atoms with Crippen LogP contribution in [0.2, 0.25) is 0 Å². The van der Waals surface area contributed by atoms with E-state index in [0.29, 0.717) is 6.04 Å². The summed E-state index contributed by atoms with van der Waals surface area (Å²) >= 11 is 0. The van der Waals surface area contributed by atoms with Crippen molar-refractivity contribution in [3.8, 4) is 0 Å². The number of nitrogens with zero attached hydrogens (tertiary/aromatic N) is 1. The second kappa shape index (κ2) is 6.30. The first-order valence-electron chi connectivity index (χ1n) is 4.35. The van der Waals surface area contributed by atoms with Crippen LogP contribution in [0.25, 0.3) is 0 Å². The van der Waals surface area contributed by atoms with Crippen molar-refractivity contribution in [3.63, 3.8) is 0 Å². The van der Waals surface area contributed by atoms with Gasteiger partial charge in [0, 0.05) is 19.1 Å². The Morgan fingerprint density at radius 2 is 2.29 bits per heavy atom. The predicted octanol–water partition coefficient (Wildman–Crippen LogP) is 1.66. The topological polar surface area (TPSA) is 42.4 Å². The number of furan rings is 1. The Bertz CT molecular complexity index is 241. The summed E-state index contributed by atoms with van der Waals surface area (Å²) in [6.07, 6.45) is 2.83. The van der Waals surface area contributed by atoms with Crippen LogP contribution in [-0.2, 0) is 6.54 Å².